The van der Waals surface area contributed by atoms with Crippen molar-refractivity contribution in [1.82, 2.24) is 0 Å². The number of phenols is 2. The predicted octanol–water partition coefficient (Wildman–Crippen LogP) is 21.7. The molecule has 1 heterocycles. The molecular formula is C86H168F2O15S. The van der Waals surface area contributed by atoms with Gasteiger partial charge >= 0.3 is 0 Å². The Morgan fingerprint density at radius 2 is 0.913 bits per heavy atom. The van der Waals surface area contributed by atoms with Crippen LogP contribution in [-0.4, -0.2) is 140 Å². The van der Waals surface area contributed by atoms with Crippen LogP contribution in [0, 0.1) is 64.1 Å². The molecule has 622 valence electrons. The maximum absolute atomic E-state index is 12.3. The van der Waals surface area contributed by atoms with Gasteiger partial charge in [0, 0.05) is 25.3 Å². The zero-order valence-electron chi connectivity index (χ0n) is 70.6. The Balaban J connectivity index is -0.000000171. The van der Waals surface area contributed by atoms with Crippen LogP contribution in [0.25, 0.3) is 0 Å². The van der Waals surface area contributed by atoms with Crippen molar-refractivity contribution in [2.75, 3.05) is 47.4 Å². The largest absolute Gasteiger partial charge is 0.508 e. The lowest BCUT2D eigenvalue weighted by Crippen LogP contribution is -2.32. The first kappa shape index (κ1) is 116. The Bertz CT molecular complexity index is 2390. The fourth-order valence-corrected chi connectivity index (χ4v) is 10.6. The minimum absolute atomic E-state index is 0. The van der Waals surface area contributed by atoms with Gasteiger partial charge in [-0.15, -0.1) is 0 Å². The normalized spacial score (nSPS) is 14.5. The van der Waals surface area contributed by atoms with E-state index in [-0.39, 0.29) is 97.6 Å². The summed E-state index contributed by atoms with van der Waals surface area (Å²) >= 11 is 0. The summed E-state index contributed by atoms with van der Waals surface area (Å²) in [7, 11) is -0.417. The van der Waals surface area contributed by atoms with Gasteiger partial charge in [-0.3, -0.25) is 8.57 Å². The molecular weight excluding hydrogens is 1340 g/mol. The molecule has 0 amide bonds. The molecule has 0 spiro atoms. The molecule has 0 bridgehead atoms. The summed E-state index contributed by atoms with van der Waals surface area (Å²) < 4.78 is 74.6. The van der Waals surface area contributed by atoms with Gasteiger partial charge in [0.05, 0.1) is 69.0 Å². The zero-order valence-corrected chi connectivity index (χ0v) is 71.4. The third-order valence-electron chi connectivity index (χ3n) is 13.6. The third kappa shape index (κ3) is 88.9. The highest BCUT2D eigenvalue weighted by Crippen LogP contribution is 2.30. The van der Waals surface area contributed by atoms with E-state index in [2.05, 4.69) is 151 Å². The molecule has 104 heavy (non-hydrogen) atoms. The first-order valence-corrected chi connectivity index (χ1v) is 39.0. The lowest BCUT2D eigenvalue weighted by Gasteiger charge is -2.28. The van der Waals surface area contributed by atoms with Crippen molar-refractivity contribution in [2.24, 2.45) is 57.2 Å². The second kappa shape index (κ2) is 64.2. The van der Waals surface area contributed by atoms with Crippen LogP contribution in [0.5, 0.6) is 23.0 Å². The molecule has 15 nitrogen and oxygen atoms in total. The molecule has 0 radical (unpaired) electrons. The highest BCUT2D eigenvalue weighted by atomic mass is 32.2. The molecule has 1 aliphatic rings. The Kier molecular flexibility index (Phi) is 71.6. The fourth-order valence-electron chi connectivity index (χ4n) is 9.71. The molecule has 8 N–H and O–H groups in total. The number of halogens is 2. The molecule has 0 saturated carbocycles. The van der Waals surface area contributed by atoms with Crippen molar-refractivity contribution in [3.8, 4) is 23.0 Å². The number of rotatable bonds is 25. The number of aliphatic hydroxyl groups excluding tert-OH is 6. The Morgan fingerprint density at radius 1 is 0.519 bits per heavy atom. The van der Waals surface area contributed by atoms with Crippen LogP contribution >= 0.6 is 0 Å². The van der Waals surface area contributed by atoms with Gasteiger partial charge in [-0.2, -0.15) is 8.42 Å². The number of aryl methyl sites for hydroxylation is 1. The summed E-state index contributed by atoms with van der Waals surface area (Å²) in [5.74, 6) is 5.13. The van der Waals surface area contributed by atoms with Gasteiger partial charge < -0.3 is 59.8 Å². The van der Waals surface area contributed by atoms with E-state index in [1.807, 2.05) is 68.4 Å². The summed E-state index contributed by atoms with van der Waals surface area (Å²) in [6.45, 7) is 59.9. The van der Waals surface area contributed by atoms with Crippen molar-refractivity contribution in [3.63, 3.8) is 0 Å². The van der Waals surface area contributed by atoms with E-state index in [9.17, 15) is 27.4 Å². The Labute approximate surface area is 640 Å². The summed E-state index contributed by atoms with van der Waals surface area (Å²) in [5, 5.41) is 70.6. The number of ether oxygens (including phenoxy) is 4. The molecule has 3 aromatic rings. The molecule has 0 aliphatic carbocycles. The fraction of sp³-hybridized carbons (Fsp3) is 0.791. The molecule has 4 rings (SSSR count). The number of hydrogen-bond acceptors (Lipinski definition) is 15. The number of aliphatic hydroxyl groups is 6. The summed E-state index contributed by atoms with van der Waals surface area (Å²) in [6, 6.07) is 17.4. The molecule has 1 saturated heterocycles. The van der Waals surface area contributed by atoms with E-state index < -0.39 is 22.9 Å². The topological polar surface area (TPSA) is 242 Å². The van der Waals surface area contributed by atoms with E-state index in [0.717, 1.165) is 93.3 Å². The molecule has 1 fully saturated rings. The van der Waals surface area contributed by atoms with Gasteiger partial charge in [0.2, 0.25) is 0 Å². The van der Waals surface area contributed by atoms with Crippen molar-refractivity contribution in [3.05, 3.63) is 77.4 Å². The average molecular weight is 1510 g/mol. The van der Waals surface area contributed by atoms with E-state index in [4.69, 9.17) is 53.8 Å². The number of benzene rings is 3. The maximum Gasteiger partial charge on any atom is 0.297 e. The van der Waals surface area contributed by atoms with Gasteiger partial charge in [0.1, 0.15) is 29.7 Å². The highest BCUT2D eigenvalue weighted by Gasteiger charge is 2.25. The average Bonchev–Trinajstić information content (AvgIpc) is 0.854. The van der Waals surface area contributed by atoms with Gasteiger partial charge in [-0.05, 0) is 223 Å². The van der Waals surface area contributed by atoms with Crippen LogP contribution in [0.4, 0.5) is 8.78 Å². The minimum atomic E-state index is -3.77. The standard InChI is InChI=1S/C18H28O5S.C13H20O2.C11H16O2.C7H16O.C6H13FO.4C6H14O.C5H11F.2CH4/c1-14(2)12-16(23-18-6-4-5-11-21-18)13-22-24(19,20)17-9-7-15(3)8-10-17;1-13(2,3)9-10-6-11(14-4)8-12(7-10)15-5;1-11(2,3)7-8-4-9(12)6-10(13)5-8;1-6(8)5-7(2,3)4;1-5(2)3-6(8)4-7;1-6(2,3)4-5-7;3*1-5(2)4-6(3)7;1-5(2)3-4-6;;/h7-10,14,16,18H,4-6,11-13H2,1-3H3;6-8H,9H2,1-5H3;4-6,12-13H,7H2,1-3H3;6,8H,5H2,1-4H3;5-6,8H,3-4H2,1-2H3;7H,4-5H2,1-3H3;3*5-7H,4H2,1-3H3;5H,3-4H2,1-2H3;2*1H4/t;;;;;;2*6-;;;;/m......10..../s1. The van der Waals surface area contributed by atoms with Crippen LogP contribution < -0.4 is 9.47 Å². The number of hydrogen-bond donors (Lipinski definition) is 8. The van der Waals surface area contributed by atoms with Crippen molar-refractivity contribution < 1.29 is 81.2 Å². The summed E-state index contributed by atoms with van der Waals surface area (Å²) in [5.41, 5.74) is 4.23. The van der Waals surface area contributed by atoms with E-state index in [1.54, 1.807) is 50.6 Å². The summed E-state index contributed by atoms with van der Waals surface area (Å²) in [6.07, 6.45) is 9.52. The van der Waals surface area contributed by atoms with Crippen LogP contribution in [0.3, 0.4) is 0 Å². The molecule has 5 unspecified atom stereocenters. The molecule has 3 aromatic carbocycles. The molecule has 7 atom stereocenters. The Morgan fingerprint density at radius 3 is 1.14 bits per heavy atom. The second-order valence-corrected chi connectivity index (χ2v) is 36.3. The van der Waals surface area contributed by atoms with Crippen LogP contribution in [0.15, 0.2) is 65.6 Å². The first-order valence-electron chi connectivity index (χ1n) is 37.6. The number of methoxy groups -OCH3 is 2. The smallest absolute Gasteiger partial charge is 0.297 e. The van der Waals surface area contributed by atoms with Crippen LogP contribution in [0.1, 0.15) is 296 Å². The van der Waals surface area contributed by atoms with Crippen molar-refractivity contribution >= 4 is 10.1 Å². The second-order valence-electron chi connectivity index (χ2n) is 34.7. The predicted molar refractivity (Wildman–Crippen MR) is 439 cm³/mol. The lowest BCUT2D eigenvalue weighted by atomic mass is 9.88. The van der Waals surface area contributed by atoms with E-state index >= 15 is 0 Å². The monoisotopic (exact) mass is 1510 g/mol. The quantitative estimate of drug-likeness (QED) is 0.0368. The maximum atomic E-state index is 12.3. The summed E-state index contributed by atoms with van der Waals surface area (Å²) in [4.78, 5) is 0.172. The SMILES string of the molecule is C.C.CC(C)(C)CCO.CC(C)(C)Cc1cc(O)cc(O)c1.CC(C)CC(C)O.CC(C)CC(O)CF.CC(C)CCF.CC(C)C[C@@H](C)O.CC(C)C[C@H](C)O.CC(O)CC(C)(C)C.COc1cc(CC(C)(C)C)cc(OC)c1.Cc1ccc(S(=O)(=O)OCC(CC(C)C)OC2CCCCO2)cc1. The number of aromatic hydroxyl groups is 2. The molecule has 0 aromatic heterocycles. The van der Waals surface area contributed by atoms with Gasteiger partial charge in [0.25, 0.3) is 10.1 Å². The lowest BCUT2D eigenvalue weighted by molar-refractivity contribution is -0.195. The zero-order chi connectivity index (χ0) is 81.0. The van der Waals surface area contributed by atoms with Crippen molar-refractivity contribution in [2.45, 2.75) is 347 Å². The van der Waals surface area contributed by atoms with Crippen LogP contribution in [-0.2, 0) is 36.6 Å². The highest BCUT2D eigenvalue weighted by molar-refractivity contribution is 7.86. The van der Waals surface area contributed by atoms with Crippen molar-refractivity contribution in [1.29, 1.82) is 0 Å². The van der Waals surface area contributed by atoms with E-state index in [1.165, 1.54) is 11.6 Å². The van der Waals surface area contributed by atoms with Gasteiger partial charge in [0.15, 0.2) is 6.29 Å². The minimum Gasteiger partial charge on any atom is -0.508 e. The van der Waals surface area contributed by atoms with E-state index in [0.29, 0.717) is 67.0 Å². The first-order chi connectivity index (χ1) is 46.5. The number of alkyl halides is 2. The van der Waals surface area contributed by atoms with Gasteiger partial charge in [-0.1, -0.05) is 199 Å². The third-order valence-corrected chi connectivity index (χ3v) is 14.9. The molecule has 18 heteroatoms. The van der Waals surface area contributed by atoms with Crippen LogP contribution in [0.2, 0.25) is 0 Å². The number of phenolic OH excluding ortho intramolecular Hbond substituents is 2. The molecule has 1 aliphatic heterocycles. The van der Waals surface area contributed by atoms with Gasteiger partial charge in [-0.25, -0.2) is 4.39 Å². The Hall–Kier alpha value is -3.69.